The molecule has 1 N–H and O–H groups in total. The van der Waals surface area contributed by atoms with Crippen LogP contribution in [0, 0.1) is 6.92 Å². The van der Waals surface area contributed by atoms with E-state index in [0.29, 0.717) is 0 Å². The van der Waals surface area contributed by atoms with Crippen molar-refractivity contribution in [1.82, 2.24) is 14.9 Å². The van der Waals surface area contributed by atoms with Gasteiger partial charge in [-0.15, -0.1) is 0 Å². The molecule has 0 saturated carbocycles. The van der Waals surface area contributed by atoms with Crippen molar-refractivity contribution < 1.29 is 0 Å². The monoisotopic (exact) mass is 263 g/mol. The Balaban J connectivity index is 2.44. The Hall–Kier alpha value is -1.32. The molecule has 0 radical (unpaired) electrons. The first-order valence-corrected chi connectivity index (χ1v) is 6.44. The molecule has 96 valence electrons. The van der Waals surface area contributed by atoms with Crippen LogP contribution in [-0.2, 0) is 13.5 Å². The average molecular weight is 264 g/mol. The second-order valence-electron chi connectivity index (χ2n) is 4.36. The second-order valence-corrected chi connectivity index (χ2v) is 4.77. The van der Waals surface area contributed by atoms with E-state index >= 15 is 0 Å². The summed E-state index contributed by atoms with van der Waals surface area (Å²) < 4.78 is 2.13. The highest BCUT2D eigenvalue weighted by molar-refractivity contribution is 6.33. The number of nitrogens with one attached hydrogen (secondary N) is 1. The first-order chi connectivity index (χ1) is 8.65. The maximum atomic E-state index is 6.23. The molecule has 1 aromatic heterocycles. The zero-order valence-corrected chi connectivity index (χ0v) is 11.8. The highest BCUT2D eigenvalue weighted by Gasteiger charge is 2.14. The molecule has 4 heteroatoms. The number of hydrogen-bond acceptors (Lipinski definition) is 2. The Morgan fingerprint density at radius 2 is 2.06 bits per heavy atom. The molecule has 3 nitrogen and oxygen atoms in total. The molecular weight excluding hydrogens is 246 g/mol. The van der Waals surface area contributed by atoms with Gasteiger partial charge in [0.05, 0.1) is 10.7 Å². The molecule has 0 bridgehead atoms. The summed E-state index contributed by atoms with van der Waals surface area (Å²) >= 11 is 6.23. The van der Waals surface area contributed by atoms with Gasteiger partial charge in [-0.1, -0.05) is 23.7 Å². The SMILES string of the molecule is CNCCc1c(C)nc(-c2ccccc2Cl)n1C. The minimum atomic E-state index is 0.741. The number of nitrogens with zero attached hydrogens (tertiary/aromatic N) is 2. The summed E-state index contributed by atoms with van der Waals surface area (Å²) in [7, 11) is 4.00. The molecule has 0 atom stereocenters. The van der Waals surface area contributed by atoms with Gasteiger partial charge in [-0.2, -0.15) is 0 Å². The van der Waals surface area contributed by atoms with Gasteiger partial charge < -0.3 is 9.88 Å². The van der Waals surface area contributed by atoms with Crippen LogP contribution in [0.25, 0.3) is 11.4 Å². The quantitative estimate of drug-likeness (QED) is 0.919. The van der Waals surface area contributed by atoms with E-state index in [2.05, 4.69) is 14.9 Å². The van der Waals surface area contributed by atoms with Crippen molar-refractivity contribution in [3.63, 3.8) is 0 Å². The molecular formula is C14H18ClN3. The lowest BCUT2D eigenvalue weighted by atomic mass is 10.2. The van der Waals surface area contributed by atoms with Crippen molar-refractivity contribution in [3.05, 3.63) is 40.7 Å². The molecule has 0 unspecified atom stereocenters. The summed E-state index contributed by atoms with van der Waals surface area (Å²) in [5, 5.41) is 3.91. The van der Waals surface area contributed by atoms with E-state index in [0.717, 1.165) is 35.1 Å². The summed E-state index contributed by atoms with van der Waals surface area (Å²) in [4.78, 5) is 4.64. The minimum Gasteiger partial charge on any atom is -0.331 e. The van der Waals surface area contributed by atoms with E-state index in [1.54, 1.807) is 0 Å². The number of rotatable bonds is 4. The smallest absolute Gasteiger partial charge is 0.141 e. The summed E-state index contributed by atoms with van der Waals surface area (Å²) in [6.07, 6.45) is 0.969. The zero-order valence-electron chi connectivity index (χ0n) is 11.0. The lowest BCUT2D eigenvalue weighted by molar-refractivity contribution is 0.736. The standard InChI is InChI=1S/C14H18ClN3/c1-10-13(8-9-16-2)18(3)14(17-10)11-6-4-5-7-12(11)15/h4-7,16H,8-9H2,1-3H3. The van der Waals surface area contributed by atoms with Gasteiger partial charge in [0.1, 0.15) is 5.82 Å². The summed E-state index contributed by atoms with van der Waals surface area (Å²) in [6, 6.07) is 7.82. The van der Waals surface area contributed by atoms with E-state index in [1.807, 2.05) is 45.3 Å². The van der Waals surface area contributed by atoms with Crippen LogP contribution < -0.4 is 5.32 Å². The first-order valence-electron chi connectivity index (χ1n) is 6.07. The minimum absolute atomic E-state index is 0.741. The fraction of sp³-hybridized carbons (Fsp3) is 0.357. The third-order valence-electron chi connectivity index (χ3n) is 3.14. The molecule has 0 spiro atoms. The molecule has 2 aromatic rings. The second kappa shape index (κ2) is 5.55. The van der Waals surface area contributed by atoms with Crippen LogP contribution in [0.1, 0.15) is 11.4 Å². The first kappa shape index (κ1) is 13.1. The van der Waals surface area contributed by atoms with E-state index in [1.165, 1.54) is 5.69 Å². The highest BCUT2D eigenvalue weighted by atomic mass is 35.5. The molecule has 0 aliphatic heterocycles. The van der Waals surface area contributed by atoms with Crippen molar-refractivity contribution >= 4 is 11.6 Å². The molecule has 1 heterocycles. The molecule has 0 saturated heterocycles. The molecule has 0 aliphatic carbocycles. The Labute approximate surface area is 113 Å². The van der Waals surface area contributed by atoms with E-state index in [-0.39, 0.29) is 0 Å². The van der Waals surface area contributed by atoms with Crippen molar-refractivity contribution in [2.24, 2.45) is 7.05 Å². The van der Waals surface area contributed by atoms with Gasteiger partial charge >= 0.3 is 0 Å². The number of imidazole rings is 1. The maximum Gasteiger partial charge on any atom is 0.141 e. The molecule has 1 aromatic carbocycles. The van der Waals surface area contributed by atoms with Gasteiger partial charge in [0.15, 0.2) is 0 Å². The summed E-state index contributed by atoms with van der Waals surface area (Å²) in [6.45, 7) is 2.99. The lowest BCUT2D eigenvalue weighted by Crippen LogP contribution is -2.13. The maximum absolute atomic E-state index is 6.23. The van der Waals surface area contributed by atoms with Gasteiger partial charge in [-0.25, -0.2) is 4.98 Å². The summed E-state index contributed by atoms with van der Waals surface area (Å²) in [5.41, 5.74) is 3.31. The molecule has 0 fully saturated rings. The van der Waals surface area contributed by atoms with Crippen molar-refractivity contribution in [3.8, 4) is 11.4 Å². The van der Waals surface area contributed by atoms with Gasteiger partial charge in [-0.05, 0) is 26.1 Å². The Morgan fingerprint density at radius 1 is 1.33 bits per heavy atom. The van der Waals surface area contributed by atoms with Crippen molar-refractivity contribution in [1.29, 1.82) is 0 Å². The van der Waals surface area contributed by atoms with Crippen LogP contribution in [0.2, 0.25) is 5.02 Å². The lowest BCUT2D eigenvalue weighted by Gasteiger charge is -2.07. The Morgan fingerprint density at radius 3 is 2.72 bits per heavy atom. The fourth-order valence-electron chi connectivity index (χ4n) is 2.14. The van der Waals surface area contributed by atoms with Crippen LogP contribution >= 0.6 is 11.6 Å². The number of halogens is 1. The van der Waals surface area contributed by atoms with E-state index in [4.69, 9.17) is 11.6 Å². The number of aromatic nitrogens is 2. The van der Waals surface area contributed by atoms with Crippen molar-refractivity contribution in [2.75, 3.05) is 13.6 Å². The number of likely N-dealkylation sites (N-methyl/N-ethyl adjacent to an activating group) is 1. The normalized spacial score (nSPS) is 10.9. The van der Waals surface area contributed by atoms with Crippen LogP contribution in [0.3, 0.4) is 0 Å². The predicted octanol–water partition coefficient (Wildman–Crippen LogP) is 2.81. The molecule has 2 rings (SSSR count). The van der Waals surface area contributed by atoms with Gasteiger partial charge in [0.25, 0.3) is 0 Å². The van der Waals surface area contributed by atoms with Crippen molar-refractivity contribution in [2.45, 2.75) is 13.3 Å². The fourth-order valence-corrected chi connectivity index (χ4v) is 2.36. The van der Waals surface area contributed by atoms with Crippen LogP contribution in [0.4, 0.5) is 0 Å². The average Bonchev–Trinajstić information content (AvgIpc) is 2.63. The largest absolute Gasteiger partial charge is 0.331 e. The zero-order chi connectivity index (χ0) is 13.1. The van der Waals surface area contributed by atoms with Gasteiger partial charge in [0, 0.05) is 31.3 Å². The van der Waals surface area contributed by atoms with E-state index < -0.39 is 0 Å². The third-order valence-corrected chi connectivity index (χ3v) is 3.47. The third kappa shape index (κ3) is 2.42. The molecule has 0 aliphatic rings. The van der Waals surface area contributed by atoms with Crippen LogP contribution in [0.15, 0.2) is 24.3 Å². The number of aryl methyl sites for hydroxylation is 1. The van der Waals surface area contributed by atoms with E-state index in [9.17, 15) is 0 Å². The van der Waals surface area contributed by atoms with Gasteiger partial charge in [-0.3, -0.25) is 0 Å². The Bertz CT molecular complexity index is 546. The Kier molecular flexibility index (Phi) is 4.04. The van der Waals surface area contributed by atoms with Gasteiger partial charge in [0.2, 0.25) is 0 Å². The summed E-state index contributed by atoms with van der Waals surface area (Å²) in [5.74, 6) is 0.934. The molecule has 0 amide bonds. The number of hydrogen-bond donors (Lipinski definition) is 1. The number of benzene rings is 1. The topological polar surface area (TPSA) is 29.9 Å². The molecule has 18 heavy (non-hydrogen) atoms. The highest BCUT2D eigenvalue weighted by Crippen LogP contribution is 2.28. The van der Waals surface area contributed by atoms with Crippen LogP contribution in [-0.4, -0.2) is 23.1 Å². The predicted molar refractivity (Wildman–Crippen MR) is 76.0 cm³/mol. The van der Waals surface area contributed by atoms with Crippen LogP contribution in [0.5, 0.6) is 0 Å².